The first-order valence-corrected chi connectivity index (χ1v) is 7.25. The molecule has 108 valence electrons. The quantitative estimate of drug-likeness (QED) is 0.887. The molecule has 0 radical (unpaired) electrons. The Labute approximate surface area is 116 Å². The monoisotopic (exact) mass is 266 g/mol. The summed E-state index contributed by atoms with van der Waals surface area (Å²) in [6.07, 6.45) is 0.613. The molecule has 1 aromatic rings. The van der Waals surface area contributed by atoms with E-state index in [0.29, 0.717) is 12.2 Å². The van der Waals surface area contributed by atoms with Crippen molar-refractivity contribution in [2.45, 2.75) is 53.0 Å². The van der Waals surface area contributed by atoms with E-state index in [9.17, 15) is 0 Å². The Morgan fingerprint density at radius 3 is 2.63 bits per heavy atom. The summed E-state index contributed by atoms with van der Waals surface area (Å²) in [4.78, 5) is 2.41. The number of aryl methyl sites for hydroxylation is 1. The number of hydrogen-bond donors (Lipinski definition) is 1. The number of nitrogens with zero attached hydrogens (tertiary/aromatic N) is 1. The Balaban J connectivity index is 1.95. The van der Waals surface area contributed by atoms with E-state index in [4.69, 9.17) is 9.15 Å². The molecule has 4 heteroatoms. The SMILES string of the molecule is CCNCc1oc(CN2C[C@@H](C)O[C@@H](C)C2)cc1C. The third-order valence-electron chi connectivity index (χ3n) is 3.48. The predicted octanol–water partition coefficient (Wildman–Crippen LogP) is 2.31. The van der Waals surface area contributed by atoms with Crippen LogP contribution in [0.2, 0.25) is 0 Å². The average molecular weight is 266 g/mol. The maximum atomic E-state index is 5.94. The molecule has 1 N–H and O–H groups in total. The summed E-state index contributed by atoms with van der Waals surface area (Å²) in [6.45, 7) is 13.1. The molecular weight excluding hydrogens is 240 g/mol. The number of rotatable bonds is 5. The number of morpholine rings is 1. The van der Waals surface area contributed by atoms with Crippen LogP contribution in [0.25, 0.3) is 0 Å². The average Bonchev–Trinajstić information content (AvgIpc) is 2.65. The van der Waals surface area contributed by atoms with Crippen molar-refractivity contribution in [1.29, 1.82) is 0 Å². The van der Waals surface area contributed by atoms with Crippen molar-refractivity contribution < 1.29 is 9.15 Å². The fourth-order valence-electron chi connectivity index (χ4n) is 2.72. The Bertz CT molecular complexity index is 393. The van der Waals surface area contributed by atoms with Gasteiger partial charge in [0.15, 0.2) is 0 Å². The highest BCUT2D eigenvalue weighted by Gasteiger charge is 2.23. The lowest BCUT2D eigenvalue weighted by Crippen LogP contribution is -2.44. The lowest BCUT2D eigenvalue weighted by Gasteiger charge is -2.34. The fraction of sp³-hybridized carbons (Fsp3) is 0.733. The van der Waals surface area contributed by atoms with Gasteiger partial charge < -0.3 is 14.5 Å². The predicted molar refractivity (Wildman–Crippen MR) is 76.1 cm³/mol. The van der Waals surface area contributed by atoms with Crippen LogP contribution >= 0.6 is 0 Å². The molecule has 0 aromatic carbocycles. The van der Waals surface area contributed by atoms with Crippen LogP contribution in [0.1, 0.15) is 37.9 Å². The summed E-state index contributed by atoms with van der Waals surface area (Å²) < 4.78 is 11.7. The number of furan rings is 1. The standard InChI is InChI=1S/C15H26N2O2/c1-5-16-7-15-11(2)6-14(19-15)10-17-8-12(3)18-13(4)9-17/h6,12-13,16H,5,7-10H2,1-4H3/t12-,13+. The Morgan fingerprint density at radius 2 is 2.00 bits per heavy atom. The molecule has 4 nitrogen and oxygen atoms in total. The molecule has 2 heterocycles. The first-order chi connectivity index (χ1) is 9.08. The maximum Gasteiger partial charge on any atom is 0.120 e. The van der Waals surface area contributed by atoms with Gasteiger partial charge in [0.25, 0.3) is 0 Å². The van der Waals surface area contributed by atoms with Crippen molar-refractivity contribution >= 4 is 0 Å². The molecule has 0 aliphatic carbocycles. The first kappa shape index (κ1) is 14.6. The highest BCUT2D eigenvalue weighted by atomic mass is 16.5. The lowest BCUT2D eigenvalue weighted by molar-refractivity contribution is -0.0718. The van der Waals surface area contributed by atoms with E-state index in [1.807, 2.05) is 0 Å². The molecule has 1 aromatic heterocycles. The van der Waals surface area contributed by atoms with Crippen LogP contribution in [-0.4, -0.2) is 36.7 Å². The molecule has 19 heavy (non-hydrogen) atoms. The smallest absolute Gasteiger partial charge is 0.120 e. The normalized spacial score (nSPS) is 24.8. The second-order valence-corrected chi connectivity index (χ2v) is 5.55. The number of nitrogens with one attached hydrogen (secondary N) is 1. The molecule has 1 saturated heterocycles. The van der Waals surface area contributed by atoms with Crippen molar-refractivity contribution in [1.82, 2.24) is 10.2 Å². The van der Waals surface area contributed by atoms with Gasteiger partial charge in [-0.1, -0.05) is 6.92 Å². The lowest BCUT2D eigenvalue weighted by atomic mass is 10.2. The van der Waals surface area contributed by atoms with Crippen LogP contribution in [0.15, 0.2) is 10.5 Å². The van der Waals surface area contributed by atoms with Gasteiger partial charge in [-0.2, -0.15) is 0 Å². The molecule has 0 amide bonds. The van der Waals surface area contributed by atoms with Gasteiger partial charge in [0.1, 0.15) is 11.5 Å². The minimum atomic E-state index is 0.307. The summed E-state index contributed by atoms with van der Waals surface area (Å²) in [5.74, 6) is 2.12. The zero-order chi connectivity index (χ0) is 13.8. The molecule has 2 rings (SSSR count). The van der Waals surface area contributed by atoms with E-state index >= 15 is 0 Å². The number of hydrogen-bond acceptors (Lipinski definition) is 4. The van der Waals surface area contributed by atoms with Gasteiger partial charge in [-0.15, -0.1) is 0 Å². The van der Waals surface area contributed by atoms with E-state index in [2.05, 4.69) is 44.0 Å². The van der Waals surface area contributed by atoms with Crippen LogP contribution in [0.4, 0.5) is 0 Å². The summed E-state index contributed by atoms with van der Waals surface area (Å²) >= 11 is 0. The molecule has 1 aliphatic rings. The van der Waals surface area contributed by atoms with Crippen LogP contribution in [0.5, 0.6) is 0 Å². The molecule has 0 spiro atoms. The first-order valence-electron chi connectivity index (χ1n) is 7.25. The van der Waals surface area contributed by atoms with Gasteiger partial charge in [0.05, 0.1) is 25.3 Å². The second kappa shape index (κ2) is 6.55. The van der Waals surface area contributed by atoms with E-state index in [-0.39, 0.29) is 0 Å². The van der Waals surface area contributed by atoms with Crippen molar-refractivity contribution in [3.05, 3.63) is 23.2 Å². The van der Waals surface area contributed by atoms with E-state index in [1.165, 1.54) is 5.56 Å². The highest BCUT2D eigenvalue weighted by Crippen LogP contribution is 2.19. The Hall–Kier alpha value is -0.840. The third-order valence-corrected chi connectivity index (χ3v) is 3.48. The topological polar surface area (TPSA) is 37.6 Å². The van der Waals surface area contributed by atoms with Gasteiger partial charge in [-0.05, 0) is 38.9 Å². The molecule has 0 bridgehead atoms. The van der Waals surface area contributed by atoms with Crippen molar-refractivity contribution in [3.8, 4) is 0 Å². The zero-order valence-electron chi connectivity index (χ0n) is 12.5. The van der Waals surface area contributed by atoms with Crippen LogP contribution in [-0.2, 0) is 17.8 Å². The molecular formula is C15H26N2O2. The largest absolute Gasteiger partial charge is 0.463 e. The second-order valence-electron chi connectivity index (χ2n) is 5.55. The molecule has 1 aliphatic heterocycles. The minimum Gasteiger partial charge on any atom is -0.463 e. The Kier molecular flexibility index (Phi) is 5.02. The molecule has 0 saturated carbocycles. The number of ether oxygens (including phenoxy) is 1. The van der Waals surface area contributed by atoms with Crippen LogP contribution in [0.3, 0.4) is 0 Å². The van der Waals surface area contributed by atoms with Crippen LogP contribution in [0, 0.1) is 6.92 Å². The third kappa shape index (κ3) is 4.06. The minimum absolute atomic E-state index is 0.307. The van der Waals surface area contributed by atoms with Crippen LogP contribution < -0.4 is 5.32 Å². The van der Waals surface area contributed by atoms with Crippen molar-refractivity contribution in [2.75, 3.05) is 19.6 Å². The van der Waals surface area contributed by atoms with E-state index in [1.54, 1.807) is 0 Å². The molecule has 1 fully saturated rings. The molecule has 0 unspecified atom stereocenters. The van der Waals surface area contributed by atoms with Gasteiger partial charge in [0.2, 0.25) is 0 Å². The van der Waals surface area contributed by atoms with Gasteiger partial charge in [-0.3, -0.25) is 4.90 Å². The molecule has 2 atom stereocenters. The van der Waals surface area contributed by atoms with Gasteiger partial charge in [-0.25, -0.2) is 0 Å². The maximum absolute atomic E-state index is 5.94. The van der Waals surface area contributed by atoms with Crippen molar-refractivity contribution in [3.63, 3.8) is 0 Å². The fourth-order valence-corrected chi connectivity index (χ4v) is 2.72. The summed E-state index contributed by atoms with van der Waals surface area (Å²) in [6, 6.07) is 2.16. The van der Waals surface area contributed by atoms with E-state index < -0.39 is 0 Å². The summed E-state index contributed by atoms with van der Waals surface area (Å²) in [5, 5.41) is 3.31. The summed E-state index contributed by atoms with van der Waals surface area (Å²) in [7, 11) is 0. The van der Waals surface area contributed by atoms with Gasteiger partial charge in [0, 0.05) is 13.1 Å². The van der Waals surface area contributed by atoms with Crippen molar-refractivity contribution in [2.24, 2.45) is 0 Å². The zero-order valence-corrected chi connectivity index (χ0v) is 12.5. The highest BCUT2D eigenvalue weighted by molar-refractivity contribution is 5.20. The summed E-state index contributed by atoms with van der Waals surface area (Å²) in [5.41, 5.74) is 1.24. The van der Waals surface area contributed by atoms with E-state index in [0.717, 1.165) is 44.2 Å². The van der Waals surface area contributed by atoms with Gasteiger partial charge >= 0.3 is 0 Å². The Morgan fingerprint density at radius 1 is 1.32 bits per heavy atom.